The molecule has 0 amide bonds. The highest BCUT2D eigenvalue weighted by Gasteiger charge is 2.01. The molecule has 0 aliphatic heterocycles. The molecule has 0 fully saturated rings. The molecule has 41 heavy (non-hydrogen) atoms. The summed E-state index contributed by atoms with van der Waals surface area (Å²) in [5.41, 5.74) is 8.23. The van der Waals surface area contributed by atoms with Crippen LogP contribution in [-0.4, -0.2) is 70.1 Å². The lowest BCUT2D eigenvalue weighted by molar-refractivity contribution is -0.191. The molecular formula is C28H38N2O9S2. The Morgan fingerprint density at radius 3 is 1.61 bits per heavy atom. The van der Waals surface area contributed by atoms with Crippen molar-refractivity contribution >= 4 is 59.0 Å². The highest BCUT2D eigenvalue weighted by atomic mass is 32.2. The van der Waals surface area contributed by atoms with E-state index in [9.17, 15) is 14.4 Å². The summed E-state index contributed by atoms with van der Waals surface area (Å²) in [6, 6.07) is 15.8. The minimum atomic E-state index is -0.759. The highest BCUT2D eigenvalue weighted by Crippen LogP contribution is 2.25. The first kappa shape index (κ1) is 43.8. The zero-order valence-corrected chi connectivity index (χ0v) is 24.9. The van der Waals surface area contributed by atoms with E-state index >= 15 is 0 Å². The summed E-state index contributed by atoms with van der Waals surface area (Å²) in [4.78, 5) is 50.0. The molecule has 4 N–H and O–H groups in total. The normalized spacial score (nSPS) is 8.44. The number of nitrogens with two attached hydrogens (primary N) is 1. The first-order valence-corrected chi connectivity index (χ1v) is 13.2. The van der Waals surface area contributed by atoms with Gasteiger partial charge in [-0.2, -0.15) is 9.59 Å². The average molecular weight is 611 g/mol. The number of thioether (sulfide) groups is 2. The van der Waals surface area contributed by atoms with Gasteiger partial charge in [-0.15, -0.1) is 23.5 Å². The fourth-order valence-corrected chi connectivity index (χ4v) is 3.17. The molecule has 2 rings (SSSR count). The molecule has 2 aromatic rings. The third kappa shape index (κ3) is 24.6. The Kier molecular flexibility index (Phi) is 32.4. The standard InChI is InChI=1S/C12H15NO2S.C7H9NS.C6H6O4.CO2.CH4O.CH4/c1-9(8-12(14)15-2)13-10-6-4-5-7-11(10)16-3;1-9-7-5-3-2-4-6(7)8;1-9-5(7)3-4-6(8)10-2;2-1-3;1-2;/h4-8,13H,1-3H3;2-5H,8H2,1H3;1-2H3;;2H,1H3;1H4/b9-8+;;;;;. The Morgan fingerprint density at radius 1 is 0.829 bits per heavy atom. The summed E-state index contributed by atoms with van der Waals surface area (Å²) in [5, 5.41) is 10.2. The van der Waals surface area contributed by atoms with Gasteiger partial charge in [0.05, 0.1) is 27.0 Å². The summed E-state index contributed by atoms with van der Waals surface area (Å²) in [6.07, 6.45) is 5.71. The van der Waals surface area contributed by atoms with E-state index in [0.717, 1.165) is 34.0 Å². The van der Waals surface area contributed by atoms with E-state index in [1.165, 1.54) is 27.4 Å². The fourth-order valence-electron chi connectivity index (χ4n) is 2.10. The number of carbonyl (C=O) groups excluding carboxylic acids is 5. The second kappa shape index (κ2) is 30.3. The minimum absolute atomic E-state index is 0. The van der Waals surface area contributed by atoms with Gasteiger partial charge in [0.15, 0.2) is 0 Å². The molecule has 0 aliphatic carbocycles. The number of allylic oxidation sites excluding steroid dienone is 1. The van der Waals surface area contributed by atoms with Crippen LogP contribution in [0.2, 0.25) is 0 Å². The maximum atomic E-state index is 11.0. The third-order valence-electron chi connectivity index (χ3n) is 3.75. The van der Waals surface area contributed by atoms with Crippen LogP contribution in [0.5, 0.6) is 0 Å². The molecule has 226 valence electrons. The number of ether oxygens (including phenoxy) is 3. The monoisotopic (exact) mass is 610 g/mol. The molecule has 0 spiro atoms. The predicted octanol–water partition coefficient (Wildman–Crippen LogP) is 3.88. The van der Waals surface area contributed by atoms with Crippen LogP contribution in [-0.2, 0) is 38.2 Å². The van der Waals surface area contributed by atoms with Crippen molar-refractivity contribution in [3.8, 4) is 11.8 Å². The largest absolute Gasteiger partial charge is 0.466 e. The van der Waals surface area contributed by atoms with Crippen molar-refractivity contribution in [2.45, 2.75) is 24.1 Å². The van der Waals surface area contributed by atoms with Gasteiger partial charge in [0.25, 0.3) is 0 Å². The zero-order valence-electron chi connectivity index (χ0n) is 23.3. The van der Waals surface area contributed by atoms with Crippen molar-refractivity contribution in [2.24, 2.45) is 0 Å². The third-order valence-corrected chi connectivity index (χ3v) is 5.36. The molecule has 0 radical (unpaired) electrons. The van der Waals surface area contributed by atoms with Gasteiger partial charge < -0.3 is 30.4 Å². The van der Waals surface area contributed by atoms with Crippen LogP contribution in [0.3, 0.4) is 0 Å². The van der Waals surface area contributed by atoms with Crippen LogP contribution in [0.15, 0.2) is 70.1 Å². The van der Waals surface area contributed by atoms with Crippen LogP contribution in [0.4, 0.5) is 11.4 Å². The fraction of sp³-hybridized carbons (Fsp3) is 0.286. The number of methoxy groups -OCH3 is 3. The number of carbonyl (C=O) groups is 3. The number of anilines is 2. The van der Waals surface area contributed by atoms with Crippen LogP contribution in [0.25, 0.3) is 0 Å². The van der Waals surface area contributed by atoms with E-state index in [4.69, 9.17) is 20.4 Å². The number of nitrogen functional groups attached to an aromatic ring is 1. The number of hydrogen-bond donors (Lipinski definition) is 3. The van der Waals surface area contributed by atoms with Crippen LogP contribution in [0.1, 0.15) is 14.4 Å². The van der Waals surface area contributed by atoms with E-state index in [2.05, 4.69) is 19.5 Å². The molecule has 2 aromatic carbocycles. The quantitative estimate of drug-likeness (QED) is 0.0848. The molecule has 0 saturated carbocycles. The highest BCUT2D eigenvalue weighted by molar-refractivity contribution is 7.99. The van der Waals surface area contributed by atoms with Crippen LogP contribution < -0.4 is 11.1 Å². The average Bonchev–Trinajstić information content (AvgIpc) is 2.98. The summed E-state index contributed by atoms with van der Waals surface area (Å²) in [7, 11) is 4.71. The lowest BCUT2D eigenvalue weighted by atomic mass is 10.3. The van der Waals surface area contributed by atoms with E-state index < -0.39 is 11.9 Å². The van der Waals surface area contributed by atoms with Crippen molar-refractivity contribution in [1.29, 1.82) is 0 Å². The van der Waals surface area contributed by atoms with Gasteiger partial charge in [-0.25, -0.2) is 14.4 Å². The molecule has 0 atom stereocenters. The smallest absolute Gasteiger partial charge is 0.384 e. The van der Waals surface area contributed by atoms with E-state index in [0.29, 0.717) is 0 Å². The molecule has 0 unspecified atom stereocenters. The molecule has 0 aliphatic rings. The second-order valence-corrected chi connectivity index (χ2v) is 7.93. The van der Waals surface area contributed by atoms with E-state index in [-0.39, 0.29) is 19.5 Å². The van der Waals surface area contributed by atoms with Gasteiger partial charge >= 0.3 is 24.1 Å². The number of para-hydroxylation sites is 2. The Balaban J connectivity index is -0.000000239. The topological polar surface area (TPSA) is 171 Å². The maximum absolute atomic E-state index is 11.0. The van der Waals surface area contributed by atoms with Gasteiger partial charge in [-0.05, 0) is 43.7 Å². The Morgan fingerprint density at radius 2 is 1.24 bits per heavy atom. The van der Waals surface area contributed by atoms with Gasteiger partial charge in [0, 0.05) is 46.2 Å². The Labute approximate surface area is 250 Å². The van der Waals surface area contributed by atoms with Crippen molar-refractivity contribution in [2.75, 3.05) is 52.0 Å². The number of rotatable bonds is 5. The van der Waals surface area contributed by atoms with Gasteiger partial charge in [0.1, 0.15) is 0 Å². The van der Waals surface area contributed by atoms with Gasteiger partial charge in [-0.1, -0.05) is 31.7 Å². The van der Waals surface area contributed by atoms with Crippen molar-refractivity contribution in [3.05, 3.63) is 60.3 Å². The van der Waals surface area contributed by atoms with Gasteiger partial charge in [0.2, 0.25) is 0 Å². The number of benzene rings is 2. The maximum Gasteiger partial charge on any atom is 0.384 e. The summed E-state index contributed by atoms with van der Waals surface area (Å²) in [5.74, 6) is 1.92. The number of aliphatic hydroxyl groups is 1. The molecule has 0 heterocycles. The van der Waals surface area contributed by atoms with E-state index in [1.807, 2.05) is 79.8 Å². The summed E-state index contributed by atoms with van der Waals surface area (Å²) < 4.78 is 12.8. The predicted molar refractivity (Wildman–Crippen MR) is 162 cm³/mol. The Bertz CT molecular complexity index is 1130. The molecule has 0 aromatic heterocycles. The SMILES string of the molecule is C.CO.COC(=O)/C=C(\C)Nc1ccccc1SC.COC(=O)C#CC(=O)OC.CSc1ccccc1N.O=C=O. The molecular weight excluding hydrogens is 572 g/mol. The summed E-state index contributed by atoms with van der Waals surface area (Å²) >= 11 is 3.33. The van der Waals surface area contributed by atoms with Crippen molar-refractivity contribution in [1.82, 2.24) is 0 Å². The number of hydrogen-bond acceptors (Lipinski definition) is 13. The molecule has 0 bridgehead atoms. The lowest BCUT2D eigenvalue weighted by Crippen LogP contribution is -2.02. The Hall–Kier alpha value is -4.21. The first-order chi connectivity index (χ1) is 19.1. The van der Waals surface area contributed by atoms with E-state index in [1.54, 1.807) is 23.5 Å². The number of esters is 3. The zero-order chi connectivity index (χ0) is 31.3. The molecule has 13 heteroatoms. The number of aliphatic hydroxyl groups excluding tert-OH is 1. The molecule has 11 nitrogen and oxygen atoms in total. The second-order valence-electron chi connectivity index (χ2n) is 6.23. The van der Waals surface area contributed by atoms with Crippen molar-refractivity contribution in [3.63, 3.8) is 0 Å². The number of nitrogens with one attached hydrogen (secondary N) is 1. The minimum Gasteiger partial charge on any atom is -0.466 e. The van der Waals surface area contributed by atoms with Crippen LogP contribution in [0, 0.1) is 11.8 Å². The van der Waals surface area contributed by atoms with Crippen molar-refractivity contribution < 1.29 is 43.3 Å². The van der Waals surface area contributed by atoms with Gasteiger partial charge in [-0.3, -0.25) is 0 Å². The summed E-state index contributed by atoms with van der Waals surface area (Å²) in [6.45, 7) is 1.83. The lowest BCUT2D eigenvalue weighted by Gasteiger charge is -2.10. The first-order valence-electron chi connectivity index (χ1n) is 10.8. The molecule has 0 saturated heterocycles. The van der Waals surface area contributed by atoms with Crippen LogP contribution >= 0.6 is 23.5 Å².